The second kappa shape index (κ2) is 6.96. The first-order valence-electron chi connectivity index (χ1n) is 8.90. The Labute approximate surface area is 156 Å². The minimum Gasteiger partial charge on any atom is -0.367 e. The van der Waals surface area contributed by atoms with Crippen LogP contribution in [0.4, 0.5) is 15.9 Å². The average Bonchev–Trinajstić information content (AvgIpc) is 3.03. The first kappa shape index (κ1) is 17.4. The third-order valence-electron chi connectivity index (χ3n) is 4.61. The number of carbonyl (C=O) groups is 1. The molecule has 1 saturated heterocycles. The highest BCUT2D eigenvalue weighted by Crippen LogP contribution is 2.18. The van der Waals surface area contributed by atoms with Gasteiger partial charge in [0.25, 0.3) is 5.91 Å². The Bertz CT molecular complexity index is 984. The van der Waals surface area contributed by atoms with Crippen LogP contribution in [-0.2, 0) is 0 Å². The summed E-state index contributed by atoms with van der Waals surface area (Å²) in [4.78, 5) is 23.1. The van der Waals surface area contributed by atoms with E-state index in [0.717, 1.165) is 25.3 Å². The molecule has 2 N–H and O–H groups in total. The van der Waals surface area contributed by atoms with E-state index in [1.165, 1.54) is 10.5 Å². The molecule has 4 heterocycles. The Morgan fingerprint density at radius 1 is 1.37 bits per heavy atom. The van der Waals surface area contributed by atoms with Gasteiger partial charge in [-0.15, -0.1) is 0 Å². The molecular formula is C19H21FN6O. The van der Waals surface area contributed by atoms with Crippen LogP contribution in [0.3, 0.4) is 0 Å². The zero-order chi connectivity index (χ0) is 19.0. The van der Waals surface area contributed by atoms with Crippen molar-refractivity contribution in [3.8, 4) is 0 Å². The van der Waals surface area contributed by atoms with E-state index in [1.807, 2.05) is 6.07 Å². The van der Waals surface area contributed by atoms with Crippen LogP contribution in [0.5, 0.6) is 0 Å². The van der Waals surface area contributed by atoms with Gasteiger partial charge in [0.15, 0.2) is 11.5 Å². The Balaban J connectivity index is 1.49. The molecule has 1 amide bonds. The third kappa shape index (κ3) is 3.61. The quantitative estimate of drug-likeness (QED) is 0.742. The maximum Gasteiger partial charge on any atom is 0.258 e. The number of nitrogens with one attached hydrogen (secondary N) is 2. The van der Waals surface area contributed by atoms with Crippen molar-refractivity contribution in [2.45, 2.75) is 19.9 Å². The first-order chi connectivity index (χ1) is 13.0. The molecule has 3 aromatic heterocycles. The number of imidazole rings is 1. The summed E-state index contributed by atoms with van der Waals surface area (Å²) in [6, 6.07) is 5.31. The number of nitrogens with zero attached hydrogens (tertiary/aromatic N) is 4. The molecular weight excluding hydrogens is 347 g/mol. The molecule has 140 valence electrons. The van der Waals surface area contributed by atoms with E-state index in [9.17, 15) is 9.18 Å². The van der Waals surface area contributed by atoms with Crippen molar-refractivity contribution < 1.29 is 9.18 Å². The topological polar surface area (TPSA) is 74.6 Å². The predicted octanol–water partition coefficient (Wildman–Crippen LogP) is 2.23. The van der Waals surface area contributed by atoms with Crippen LogP contribution in [0.15, 0.2) is 36.8 Å². The van der Waals surface area contributed by atoms with Crippen molar-refractivity contribution in [2.24, 2.45) is 0 Å². The van der Waals surface area contributed by atoms with Crippen molar-refractivity contribution in [1.29, 1.82) is 0 Å². The van der Waals surface area contributed by atoms with Gasteiger partial charge in [0.1, 0.15) is 5.82 Å². The first-order valence-corrected chi connectivity index (χ1v) is 8.90. The molecule has 7 nitrogen and oxygen atoms in total. The molecule has 3 aromatic rings. The Hall–Kier alpha value is -3.00. The maximum atomic E-state index is 14.2. The summed E-state index contributed by atoms with van der Waals surface area (Å²) in [6.07, 6.45) is 4.98. The van der Waals surface area contributed by atoms with Gasteiger partial charge < -0.3 is 19.9 Å². The van der Waals surface area contributed by atoms with E-state index in [-0.39, 0.29) is 11.2 Å². The fraction of sp³-hybridized carbons (Fsp3) is 0.316. The second-order valence-corrected chi connectivity index (χ2v) is 6.85. The van der Waals surface area contributed by atoms with Crippen LogP contribution in [-0.4, -0.2) is 46.0 Å². The Morgan fingerprint density at radius 3 is 2.96 bits per heavy atom. The molecule has 0 saturated carbocycles. The number of aryl methyl sites for hydroxylation is 1. The number of carbonyl (C=O) groups excluding carboxylic acids is 1. The average molecular weight is 368 g/mol. The minimum absolute atomic E-state index is 0.205. The van der Waals surface area contributed by atoms with Crippen LogP contribution in [0.25, 0.3) is 5.65 Å². The second-order valence-electron chi connectivity index (χ2n) is 6.85. The van der Waals surface area contributed by atoms with Crippen molar-refractivity contribution in [3.63, 3.8) is 0 Å². The SMILES string of the molecule is Cc1cn2cc(C(=O)Nc3ccc(N4CCN[C@@H](C)C4)cn3)cc(F)c2n1. The normalized spacial score (nSPS) is 17.3. The van der Waals surface area contributed by atoms with E-state index in [4.69, 9.17) is 0 Å². The van der Waals surface area contributed by atoms with Crippen molar-refractivity contribution in [2.75, 3.05) is 29.9 Å². The minimum atomic E-state index is -0.535. The number of fused-ring (bicyclic) bond motifs is 1. The molecule has 1 aliphatic rings. The van der Waals surface area contributed by atoms with Gasteiger partial charge in [0, 0.05) is 38.1 Å². The smallest absolute Gasteiger partial charge is 0.258 e. The lowest BCUT2D eigenvalue weighted by Gasteiger charge is -2.33. The summed E-state index contributed by atoms with van der Waals surface area (Å²) in [5, 5.41) is 6.11. The number of amides is 1. The highest BCUT2D eigenvalue weighted by molar-refractivity contribution is 6.03. The van der Waals surface area contributed by atoms with Gasteiger partial charge in [0.2, 0.25) is 0 Å². The molecule has 1 fully saturated rings. The molecule has 1 aliphatic heterocycles. The number of rotatable bonds is 3. The summed E-state index contributed by atoms with van der Waals surface area (Å²) in [6.45, 7) is 6.68. The van der Waals surface area contributed by atoms with Crippen LogP contribution in [0.1, 0.15) is 23.0 Å². The molecule has 0 aromatic carbocycles. The third-order valence-corrected chi connectivity index (χ3v) is 4.61. The summed E-state index contributed by atoms with van der Waals surface area (Å²) in [7, 11) is 0. The van der Waals surface area contributed by atoms with Gasteiger partial charge in [-0.1, -0.05) is 0 Å². The van der Waals surface area contributed by atoms with Crippen LogP contribution < -0.4 is 15.5 Å². The number of pyridine rings is 2. The fourth-order valence-electron chi connectivity index (χ4n) is 3.31. The Kier molecular flexibility index (Phi) is 4.49. The van der Waals surface area contributed by atoms with Gasteiger partial charge >= 0.3 is 0 Å². The molecule has 0 radical (unpaired) electrons. The molecule has 0 unspecified atom stereocenters. The van der Waals surface area contributed by atoms with Gasteiger partial charge in [-0.25, -0.2) is 14.4 Å². The summed E-state index contributed by atoms with van der Waals surface area (Å²) in [5.41, 5.74) is 2.12. The van der Waals surface area contributed by atoms with Crippen molar-refractivity contribution >= 4 is 23.1 Å². The lowest BCUT2D eigenvalue weighted by atomic mass is 10.2. The lowest BCUT2D eigenvalue weighted by Crippen LogP contribution is -2.49. The van der Waals surface area contributed by atoms with Gasteiger partial charge in [-0.2, -0.15) is 0 Å². The zero-order valence-corrected chi connectivity index (χ0v) is 15.2. The highest BCUT2D eigenvalue weighted by atomic mass is 19.1. The van der Waals surface area contributed by atoms with E-state index in [2.05, 4.69) is 32.4 Å². The number of hydrogen-bond acceptors (Lipinski definition) is 5. The molecule has 0 spiro atoms. The Morgan fingerprint density at radius 2 is 2.22 bits per heavy atom. The number of hydrogen-bond donors (Lipinski definition) is 2. The molecule has 0 aliphatic carbocycles. The van der Waals surface area contributed by atoms with Crippen LogP contribution in [0.2, 0.25) is 0 Å². The number of halogens is 1. The number of anilines is 2. The summed E-state index contributed by atoms with van der Waals surface area (Å²) in [5.74, 6) is -0.528. The standard InChI is InChI=1S/C19H21FN6O/c1-12-9-25(6-5-21-12)15-3-4-17(22-8-15)24-19(27)14-7-16(20)18-23-13(2)10-26(18)11-14/h3-4,7-8,10-12,21H,5-6,9H2,1-2H3,(H,22,24,27)/t12-/m0/s1. The van der Waals surface area contributed by atoms with Crippen LogP contribution >= 0.6 is 0 Å². The molecule has 4 rings (SSSR count). The zero-order valence-electron chi connectivity index (χ0n) is 15.2. The van der Waals surface area contributed by atoms with Crippen molar-refractivity contribution in [3.05, 3.63) is 53.9 Å². The lowest BCUT2D eigenvalue weighted by molar-refractivity contribution is 0.102. The largest absolute Gasteiger partial charge is 0.367 e. The molecule has 8 heteroatoms. The molecule has 1 atom stereocenters. The fourth-order valence-corrected chi connectivity index (χ4v) is 3.31. The van der Waals surface area contributed by atoms with Crippen LogP contribution in [0, 0.1) is 12.7 Å². The monoisotopic (exact) mass is 368 g/mol. The maximum absolute atomic E-state index is 14.2. The van der Waals surface area contributed by atoms with Crippen molar-refractivity contribution in [1.82, 2.24) is 19.7 Å². The summed E-state index contributed by atoms with van der Waals surface area (Å²) < 4.78 is 15.7. The van der Waals surface area contributed by atoms with E-state index >= 15 is 0 Å². The van der Waals surface area contributed by atoms with E-state index < -0.39 is 11.7 Å². The van der Waals surface area contributed by atoms with E-state index in [0.29, 0.717) is 17.6 Å². The number of aromatic nitrogens is 3. The predicted molar refractivity (Wildman–Crippen MR) is 102 cm³/mol. The van der Waals surface area contributed by atoms with Gasteiger partial charge in [-0.3, -0.25) is 4.79 Å². The molecule has 0 bridgehead atoms. The van der Waals surface area contributed by atoms with Gasteiger partial charge in [-0.05, 0) is 32.0 Å². The summed E-state index contributed by atoms with van der Waals surface area (Å²) >= 11 is 0. The number of piperazine rings is 1. The molecule has 27 heavy (non-hydrogen) atoms. The van der Waals surface area contributed by atoms with Gasteiger partial charge in [0.05, 0.1) is 23.1 Å². The highest BCUT2D eigenvalue weighted by Gasteiger charge is 2.17. The van der Waals surface area contributed by atoms with E-state index in [1.54, 1.807) is 31.6 Å².